The van der Waals surface area contributed by atoms with Gasteiger partial charge in [-0.1, -0.05) is 74.1 Å². The van der Waals surface area contributed by atoms with Crippen LogP contribution in [0.5, 0.6) is 51.7 Å². The molecule has 4 saturated carbocycles. The zero-order valence-electron chi connectivity index (χ0n) is 63.6. The van der Waals surface area contributed by atoms with E-state index in [1.165, 1.54) is 91.3 Å². The van der Waals surface area contributed by atoms with Crippen LogP contribution in [0.15, 0.2) is 116 Å². The molecule has 0 amide bonds. The molecule has 5 saturated heterocycles. The molecule has 9 aliphatic heterocycles. The summed E-state index contributed by atoms with van der Waals surface area (Å²) >= 11 is 0. The van der Waals surface area contributed by atoms with Gasteiger partial charge in [0.05, 0.1) is 27.4 Å². The van der Waals surface area contributed by atoms with Crippen molar-refractivity contribution in [2.45, 2.75) is 227 Å². The Balaban J connectivity index is 0.0000000876. The van der Waals surface area contributed by atoms with Crippen molar-refractivity contribution in [1.82, 2.24) is 24.5 Å². The molecule has 2 unspecified atom stereocenters. The molecule has 110 heavy (non-hydrogen) atoms. The monoisotopic (exact) mass is 1490 g/mol. The SMILES string of the molecule is C=C1CC[C@@]2(O)[C@H]3Cc4ccc(O)c5c4[C@@]2(CCN3CC2CC2)[C@H]1O5.C=CCN1CC[C@]23c4c5ccc(O)c4O[C@H]2C(=O)CC[C@@]3(O)[C@H]1C5.CN1CC[C@]23CCCC[C@H]2[C@H]1Cc1ccc(O)cc13.CN1CC[C@]23c4c5ccc(O)c4O[C@H]2C(=O)C=C[C@H]3[C@H]1C5.CN1CC[C@]23c4c5ccc(O)c4O[C@H]2C(O)C=CC3[C@H]1C5. The van der Waals surface area contributed by atoms with E-state index in [-0.39, 0.29) is 69.7 Å². The first-order valence-corrected chi connectivity index (χ1v) is 41.4. The van der Waals surface area contributed by atoms with E-state index in [4.69, 9.17) is 18.9 Å². The lowest BCUT2D eigenvalue weighted by Crippen LogP contribution is -2.76. The number of phenolic OH excluding ortho intramolecular Hbond substituents is 5. The number of ether oxygens (including phenoxy) is 4. The normalized spacial score (nSPS) is 40.1. The summed E-state index contributed by atoms with van der Waals surface area (Å²) in [7, 11) is 6.65. The summed E-state index contributed by atoms with van der Waals surface area (Å²) in [6.07, 6.45) is 27.4. The van der Waals surface area contributed by atoms with Gasteiger partial charge in [0.25, 0.3) is 0 Å². The van der Waals surface area contributed by atoms with Crippen LogP contribution in [0.1, 0.15) is 152 Å². The number of phenols is 5. The molecule has 25 rings (SSSR count). The molecule has 0 radical (unpaired) electrons. The summed E-state index contributed by atoms with van der Waals surface area (Å²) in [6.45, 7) is 15.0. The maximum absolute atomic E-state index is 12.6. The summed E-state index contributed by atoms with van der Waals surface area (Å²) in [6, 6.07) is 22.7. The Morgan fingerprint density at radius 2 is 1.05 bits per heavy atom. The number of fused-ring (bicyclic) bond motifs is 1. The number of Topliss-reactive ketones (excluding diaryl/α,β-unsaturated/α-hetero) is 1. The van der Waals surface area contributed by atoms with Crippen molar-refractivity contribution >= 4 is 11.6 Å². The Kier molecular flexibility index (Phi) is 15.6. The molecule has 578 valence electrons. The predicted octanol–water partition coefficient (Wildman–Crippen LogP) is 9.50. The van der Waals surface area contributed by atoms with E-state index in [1.54, 1.807) is 30.3 Å². The van der Waals surface area contributed by atoms with Crippen molar-refractivity contribution in [1.29, 1.82) is 0 Å². The van der Waals surface area contributed by atoms with Crippen LogP contribution >= 0.6 is 0 Å². The molecule has 4 spiro atoms. The highest BCUT2D eigenvalue weighted by Gasteiger charge is 2.75. The molecule has 9 heterocycles. The Labute approximate surface area is 643 Å². The van der Waals surface area contributed by atoms with E-state index in [2.05, 4.69) is 83.1 Å². The van der Waals surface area contributed by atoms with Crippen LogP contribution in [-0.2, 0) is 68.8 Å². The molecular formula is C91H105N5O14. The Morgan fingerprint density at radius 1 is 0.518 bits per heavy atom. The summed E-state index contributed by atoms with van der Waals surface area (Å²) in [5.74, 6) is 5.69. The van der Waals surface area contributed by atoms with E-state index in [0.29, 0.717) is 83.8 Å². The molecule has 5 aromatic carbocycles. The second-order valence-electron chi connectivity index (χ2n) is 37.0. The summed E-state index contributed by atoms with van der Waals surface area (Å²) in [5.41, 5.74) is 10.2. The van der Waals surface area contributed by atoms with Crippen LogP contribution in [0.3, 0.4) is 0 Å². The number of benzene rings is 5. The number of piperidine rings is 5. The average Bonchev–Trinajstić information content (AvgIpc) is 1.43. The van der Waals surface area contributed by atoms with Crippen LogP contribution in [0.25, 0.3) is 0 Å². The van der Waals surface area contributed by atoms with Gasteiger partial charge < -0.3 is 74.5 Å². The van der Waals surface area contributed by atoms with E-state index >= 15 is 0 Å². The first-order valence-electron chi connectivity index (χ1n) is 41.4. The van der Waals surface area contributed by atoms with Gasteiger partial charge in [0.1, 0.15) is 24.1 Å². The molecule has 19 heteroatoms. The zero-order chi connectivity index (χ0) is 75.4. The van der Waals surface area contributed by atoms with Gasteiger partial charge in [-0.15, -0.1) is 6.58 Å². The highest BCUT2D eigenvalue weighted by molar-refractivity contribution is 5.98. The first-order chi connectivity index (χ1) is 53.0. The molecule has 5 aromatic rings. The topological polar surface area (TPSA) is 249 Å². The third kappa shape index (κ3) is 9.12. The smallest absolute Gasteiger partial charge is 0.196 e. The molecule has 0 aromatic heterocycles. The molecule has 10 bridgehead atoms. The maximum Gasteiger partial charge on any atom is 0.196 e. The molecular weight excluding hydrogens is 1390 g/mol. The maximum atomic E-state index is 12.6. The van der Waals surface area contributed by atoms with Crippen molar-refractivity contribution in [3.05, 3.63) is 171 Å². The quantitative estimate of drug-likeness (QED) is 0.0780. The lowest BCUT2D eigenvalue weighted by Gasteiger charge is -2.63. The molecule has 9 fully saturated rings. The predicted molar refractivity (Wildman–Crippen MR) is 412 cm³/mol. The van der Waals surface area contributed by atoms with Crippen molar-refractivity contribution in [2.24, 2.45) is 23.7 Å². The minimum atomic E-state index is -1.00. The first kappa shape index (κ1) is 70.2. The average molecular weight is 1490 g/mol. The number of aliphatic hydroxyl groups is 3. The lowest BCUT2D eigenvalue weighted by atomic mass is 9.48. The second-order valence-corrected chi connectivity index (χ2v) is 37.0. The number of aliphatic hydroxyl groups excluding tert-OH is 1. The standard InChI is InChI=1S/C21H25NO3.C19H21NO4.C17H19NO3.C17H17NO3.C17H23NO/c1-12-6-7-21(24)16-10-14-4-5-15(23)18-17(14)20(21,19(12)25-18)8-9-22(16)11-13-2-3-13;1-2-8-20-9-7-18-15-11-3-4-12(21)16(15)24-17(18)13(22)5-6-19(18,23)14(20)10-11;2*1-18-7-6-17-10-3-5-13(20)16(17)21-15-12(19)4-2-9(14(15)17)8-11(10)18;1-18-9-8-17-7-3-2-4-14(17)16(18)10-12-5-6-13(19)11-15(12)17/h4-5,13,16,19,23-24H,1-3,6-11H2;2-4,14,17,21,23H,1,5-10H2;2-5,10-11,13,16,19-20H,6-8H2,1H3;2-5,10-11,16,19H,6-8H2,1H3;5-6,11,14,16,19H,2-4,7-10H2,1H3/t16-,19+,20+,21-;14-,17+,18+,19-;10?,11-,13?,16+,17+;10-,11+,16-,17-;14-,16+,17+/m11100/s1. The van der Waals surface area contributed by atoms with Crippen molar-refractivity contribution in [2.75, 3.05) is 67.0 Å². The summed E-state index contributed by atoms with van der Waals surface area (Å²) in [5, 5.41) is 85.3. The summed E-state index contributed by atoms with van der Waals surface area (Å²) in [4.78, 5) is 37.3. The zero-order valence-corrected chi connectivity index (χ0v) is 63.6. The van der Waals surface area contributed by atoms with E-state index < -0.39 is 40.3 Å². The van der Waals surface area contributed by atoms with Crippen LogP contribution in [-0.4, -0.2) is 216 Å². The lowest BCUT2D eigenvalue weighted by molar-refractivity contribution is -0.187. The minimum absolute atomic E-state index is 0.0398. The van der Waals surface area contributed by atoms with Gasteiger partial charge in [0.2, 0.25) is 0 Å². The largest absolute Gasteiger partial charge is 0.508 e. The molecule has 11 aliphatic carbocycles. The van der Waals surface area contributed by atoms with Crippen molar-refractivity contribution in [3.63, 3.8) is 0 Å². The van der Waals surface area contributed by atoms with Gasteiger partial charge in [-0.2, -0.15) is 0 Å². The number of carbonyl (C=O) groups excluding carboxylic acids is 2. The van der Waals surface area contributed by atoms with Gasteiger partial charge in [-0.25, -0.2) is 0 Å². The molecule has 8 N–H and O–H groups in total. The number of aromatic hydroxyl groups is 5. The Bertz CT molecular complexity index is 4840. The van der Waals surface area contributed by atoms with Gasteiger partial charge in [0, 0.05) is 101 Å². The molecule has 20 atom stereocenters. The highest BCUT2D eigenvalue weighted by atomic mass is 16.5. The van der Waals surface area contributed by atoms with E-state index in [9.17, 15) is 50.4 Å². The second kappa shape index (κ2) is 24.4. The van der Waals surface area contributed by atoms with E-state index in [0.717, 1.165) is 136 Å². The van der Waals surface area contributed by atoms with Crippen molar-refractivity contribution < 1.29 is 69.4 Å². The van der Waals surface area contributed by atoms with Crippen LogP contribution in [0.4, 0.5) is 0 Å². The van der Waals surface area contributed by atoms with Gasteiger partial charge in [-0.05, 0) is 250 Å². The third-order valence-corrected chi connectivity index (χ3v) is 32.7. The van der Waals surface area contributed by atoms with Gasteiger partial charge in [-0.3, -0.25) is 19.4 Å². The minimum Gasteiger partial charge on any atom is -0.508 e. The number of rotatable bonds is 4. The number of hydrogen-bond acceptors (Lipinski definition) is 19. The number of nitrogens with zero attached hydrogens (tertiary/aromatic N) is 5. The number of likely N-dealkylation sites (tertiary alicyclic amines) is 5. The molecule has 19 nitrogen and oxygen atoms in total. The number of carbonyl (C=O) groups is 2. The summed E-state index contributed by atoms with van der Waals surface area (Å²) < 4.78 is 24.3. The Morgan fingerprint density at radius 3 is 1.70 bits per heavy atom. The van der Waals surface area contributed by atoms with Crippen molar-refractivity contribution in [3.8, 4) is 51.7 Å². The van der Waals surface area contributed by atoms with E-state index in [1.807, 2.05) is 42.5 Å². The number of likely N-dealkylation sites (N-methyl/N-ethyl adjacent to an activating group) is 3. The third-order valence-electron chi connectivity index (χ3n) is 32.7. The highest BCUT2D eigenvalue weighted by Crippen LogP contribution is 2.70. The Hall–Kier alpha value is -7.72. The fourth-order valence-corrected chi connectivity index (χ4v) is 27.7. The van der Waals surface area contributed by atoms with Gasteiger partial charge in [0.15, 0.2) is 69.8 Å². The number of hydrogen-bond donors (Lipinski definition) is 8. The molecule has 20 aliphatic rings. The fraction of sp³-hybridized carbons (Fsp3) is 0.560. The van der Waals surface area contributed by atoms with Crippen LogP contribution < -0.4 is 18.9 Å². The van der Waals surface area contributed by atoms with Crippen LogP contribution in [0, 0.1) is 23.7 Å². The van der Waals surface area contributed by atoms with Crippen LogP contribution in [0.2, 0.25) is 0 Å². The number of ketones is 2. The van der Waals surface area contributed by atoms with Gasteiger partial charge >= 0.3 is 0 Å². The fourth-order valence-electron chi connectivity index (χ4n) is 27.7.